The number of esters is 1. The summed E-state index contributed by atoms with van der Waals surface area (Å²) in [5.41, 5.74) is 0.401. The predicted molar refractivity (Wildman–Crippen MR) is 212 cm³/mol. The van der Waals surface area contributed by atoms with E-state index in [1.807, 2.05) is 25.7 Å². The molecular weight excluding hydrogens is 787 g/mol. The van der Waals surface area contributed by atoms with Crippen LogP contribution in [-0.4, -0.2) is 88.8 Å². The number of rotatable bonds is 18. The summed E-state index contributed by atoms with van der Waals surface area (Å²) in [4.78, 5) is 40.8. The number of hydrogen-bond donors (Lipinski definition) is 2. The minimum absolute atomic E-state index is 0.0646. The van der Waals surface area contributed by atoms with Crippen molar-refractivity contribution in [3.8, 4) is 17.2 Å². The van der Waals surface area contributed by atoms with Crippen LogP contribution in [0.3, 0.4) is 0 Å². The Bertz CT molecular complexity index is 1960. The van der Waals surface area contributed by atoms with Crippen molar-refractivity contribution < 1.29 is 47.9 Å². The van der Waals surface area contributed by atoms with Gasteiger partial charge in [0.05, 0.1) is 58.2 Å². The smallest absolute Gasteiger partial charge is 0.340 e. The molecule has 3 heterocycles. The van der Waals surface area contributed by atoms with Crippen LogP contribution < -0.4 is 19.7 Å². The molecule has 6 rings (SSSR count). The zero-order chi connectivity index (χ0) is 40.2. The summed E-state index contributed by atoms with van der Waals surface area (Å²) in [5, 5.41) is 13.3. The largest absolute Gasteiger partial charge is 0.478 e. The van der Waals surface area contributed by atoms with Crippen molar-refractivity contribution >= 4 is 58.3 Å². The fourth-order valence-electron chi connectivity index (χ4n) is 7.36. The van der Waals surface area contributed by atoms with Gasteiger partial charge in [0.15, 0.2) is 12.4 Å². The lowest BCUT2D eigenvalue weighted by molar-refractivity contribution is -0.126. The summed E-state index contributed by atoms with van der Waals surface area (Å²) in [5.74, 6) is -0.606. The number of nitrogens with one attached hydrogen (secondary N) is 1. The van der Waals surface area contributed by atoms with Gasteiger partial charge >= 0.3 is 11.9 Å². The molecule has 1 fully saturated rings. The van der Waals surface area contributed by atoms with E-state index in [0.29, 0.717) is 96.4 Å². The topological polar surface area (TPSA) is 142 Å². The summed E-state index contributed by atoms with van der Waals surface area (Å²) in [6.07, 6.45) is 4.24. The molecule has 3 aliphatic heterocycles. The third-order valence-electron chi connectivity index (χ3n) is 10.1. The number of unbranched alkanes of at least 4 members (excludes halogenated alkanes) is 3. The van der Waals surface area contributed by atoms with E-state index >= 15 is 0 Å². The van der Waals surface area contributed by atoms with Crippen LogP contribution in [0, 0.1) is 5.92 Å². The van der Waals surface area contributed by atoms with Gasteiger partial charge in [-0.05, 0) is 42.0 Å². The van der Waals surface area contributed by atoms with Crippen LogP contribution in [0.25, 0.3) is 0 Å². The van der Waals surface area contributed by atoms with E-state index in [9.17, 15) is 19.5 Å². The van der Waals surface area contributed by atoms with Gasteiger partial charge in [-0.25, -0.2) is 9.59 Å². The molecule has 0 radical (unpaired) electrons. The van der Waals surface area contributed by atoms with Crippen LogP contribution in [0.5, 0.6) is 17.2 Å². The Morgan fingerprint density at radius 1 is 0.964 bits per heavy atom. The number of carboxylic acid groups (broad SMARTS) is 1. The molecule has 302 valence electrons. The first-order valence-electron chi connectivity index (χ1n) is 18.7. The highest BCUT2D eigenvalue weighted by atomic mass is 35.5. The van der Waals surface area contributed by atoms with Crippen molar-refractivity contribution in [2.75, 3.05) is 70.7 Å². The Balaban J connectivity index is 1.24. The van der Waals surface area contributed by atoms with Crippen LogP contribution in [0.1, 0.15) is 89.4 Å². The summed E-state index contributed by atoms with van der Waals surface area (Å²) in [6, 6.07) is 9.36. The summed E-state index contributed by atoms with van der Waals surface area (Å²) in [7, 11) is 1.48. The first kappa shape index (κ1) is 41.8. The lowest BCUT2D eigenvalue weighted by atomic mass is 9.70. The number of methoxy groups -OCH3 is 1. The Kier molecular flexibility index (Phi) is 13.3. The average Bonchev–Trinajstić information content (AvgIpc) is 3.42. The molecule has 1 amide bonds. The maximum absolute atomic E-state index is 13.8. The quantitative estimate of drug-likeness (QED) is 0.0559. The van der Waals surface area contributed by atoms with Gasteiger partial charge in [0.25, 0.3) is 0 Å². The number of amides is 1. The Morgan fingerprint density at radius 3 is 2.39 bits per heavy atom. The van der Waals surface area contributed by atoms with Gasteiger partial charge in [0.1, 0.15) is 17.2 Å². The molecule has 0 bridgehead atoms. The van der Waals surface area contributed by atoms with Gasteiger partial charge in [-0.3, -0.25) is 4.79 Å². The molecular formula is C41H47Cl3N2O10. The monoisotopic (exact) mass is 832 g/mol. The van der Waals surface area contributed by atoms with Gasteiger partial charge in [-0.1, -0.05) is 62.9 Å². The number of aromatic carboxylic acids is 1. The first-order valence-corrected chi connectivity index (χ1v) is 20.0. The third-order valence-corrected chi connectivity index (χ3v) is 11.0. The number of carbonyl (C=O) groups excluding carboxylic acids is 2. The molecule has 2 N–H and O–H groups in total. The second-order valence-electron chi connectivity index (χ2n) is 15.0. The number of carbonyl (C=O) groups is 3. The summed E-state index contributed by atoms with van der Waals surface area (Å²) in [6.45, 7) is 9.14. The number of alkyl halides is 1. The maximum atomic E-state index is 13.8. The van der Waals surface area contributed by atoms with Gasteiger partial charge in [0.2, 0.25) is 5.91 Å². The highest BCUT2D eigenvalue weighted by molar-refractivity contribution is 6.34. The molecule has 1 atom stereocenters. The maximum Gasteiger partial charge on any atom is 0.340 e. The molecule has 1 spiro atoms. The van der Waals surface area contributed by atoms with Crippen molar-refractivity contribution in [2.45, 2.75) is 57.5 Å². The number of nitrogens with zero attached hydrogens (tertiary/aromatic N) is 1. The molecule has 56 heavy (non-hydrogen) atoms. The van der Waals surface area contributed by atoms with Gasteiger partial charge < -0.3 is 43.7 Å². The predicted octanol–water partition coefficient (Wildman–Crippen LogP) is 7.92. The van der Waals surface area contributed by atoms with Crippen molar-refractivity contribution in [2.24, 2.45) is 5.92 Å². The number of carboxylic acids is 1. The van der Waals surface area contributed by atoms with Crippen LogP contribution in [0.15, 0.2) is 36.4 Å². The fraction of sp³-hybridized carbons (Fsp3) is 0.488. The Hall–Kier alpha value is -3.78. The highest BCUT2D eigenvalue weighted by Crippen LogP contribution is 2.62. The second-order valence-corrected chi connectivity index (χ2v) is 16.2. The molecule has 3 aromatic rings. The number of fused-ring (bicyclic) bond motifs is 6. The molecule has 1 unspecified atom stereocenters. The van der Waals surface area contributed by atoms with E-state index in [2.05, 4.69) is 5.32 Å². The van der Waals surface area contributed by atoms with Crippen LogP contribution in [0.2, 0.25) is 10.0 Å². The van der Waals surface area contributed by atoms with Gasteiger partial charge in [-0.15, -0.1) is 11.6 Å². The summed E-state index contributed by atoms with van der Waals surface area (Å²) >= 11 is 19.9. The number of anilines is 1. The molecule has 12 nitrogen and oxygen atoms in total. The Morgan fingerprint density at radius 2 is 1.70 bits per heavy atom. The highest BCUT2D eigenvalue weighted by Gasteiger charge is 2.57. The lowest BCUT2D eigenvalue weighted by Gasteiger charge is -2.44. The van der Waals surface area contributed by atoms with Crippen LogP contribution in [-0.2, 0) is 34.8 Å². The molecule has 0 saturated carbocycles. The fourth-order valence-corrected chi connectivity index (χ4v) is 8.32. The van der Waals surface area contributed by atoms with Gasteiger partial charge in [-0.2, -0.15) is 0 Å². The van der Waals surface area contributed by atoms with Crippen molar-refractivity contribution in [3.05, 3.63) is 79.8 Å². The SMILES string of the molecule is COCOc1cc2c(cc1Cl)C1(OC(=O)c3cc(C(=O)O)ccc31)c1c(cc(N3CC(C(=O)NCCOCCOCCCCCCCl)C3)c(Cl)c1C(C)(C)C)O2. The van der Waals surface area contributed by atoms with Crippen LogP contribution in [0.4, 0.5) is 5.69 Å². The number of halogens is 3. The average molecular weight is 834 g/mol. The van der Waals surface area contributed by atoms with Gasteiger partial charge in [0, 0.05) is 62.5 Å². The number of benzene rings is 3. The summed E-state index contributed by atoms with van der Waals surface area (Å²) < 4.78 is 35.1. The van der Waals surface area contributed by atoms with Crippen molar-refractivity contribution in [3.63, 3.8) is 0 Å². The Labute approximate surface area is 341 Å². The van der Waals surface area contributed by atoms with E-state index in [1.165, 1.54) is 19.2 Å². The minimum Gasteiger partial charge on any atom is -0.478 e. The van der Waals surface area contributed by atoms with Crippen molar-refractivity contribution in [1.29, 1.82) is 0 Å². The molecule has 3 aromatic carbocycles. The second kappa shape index (κ2) is 17.8. The lowest BCUT2D eigenvalue weighted by Crippen LogP contribution is -2.54. The zero-order valence-electron chi connectivity index (χ0n) is 31.9. The van der Waals surface area contributed by atoms with E-state index in [-0.39, 0.29) is 40.5 Å². The normalized spacial score (nSPS) is 17.1. The minimum atomic E-state index is -1.61. The van der Waals surface area contributed by atoms with E-state index in [1.54, 1.807) is 24.3 Å². The van der Waals surface area contributed by atoms with E-state index in [0.717, 1.165) is 25.7 Å². The molecule has 0 aromatic heterocycles. The van der Waals surface area contributed by atoms with Crippen LogP contribution >= 0.6 is 34.8 Å². The first-order chi connectivity index (χ1) is 26.8. The van der Waals surface area contributed by atoms with Crippen molar-refractivity contribution in [1.82, 2.24) is 5.32 Å². The van der Waals surface area contributed by atoms with E-state index in [4.69, 9.17) is 63.2 Å². The number of ether oxygens (including phenoxy) is 6. The van der Waals surface area contributed by atoms with E-state index < -0.39 is 23.0 Å². The zero-order valence-corrected chi connectivity index (χ0v) is 34.2. The number of hydrogen-bond acceptors (Lipinski definition) is 10. The molecule has 1 saturated heterocycles. The molecule has 3 aliphatic rings. The standard InChI is InChI=1S/C41H47Cl3N2O10/c1-40(2,3)35-34-33(19-30(36(35)44)46-21-25(22-46)37(47)45-12-14-53-16-15-52-13-8-6-5-7-11-42)55-31-20-32(54-23-51-4)29(43)18-28(31)41(34)27-10-9-24(38(48)49)17-26(27)39(50)56-41/h9-10,17-20,25H,5-8,11-16,21-23H2,1-4H3,(H,45,47)(H,48,49). The molecule has 0 aliphatic carbocycles. The molecule has 15 heteroatoms. The third kappa shape index (κ3) is 8.42.